The third kappa shape index (κ3) is 12.0. The summed E-state index contributed by atoms with van der Waals surface area (Å²) in [5, 5.41) is 0. The zero-order valence-electron chi connectivity index (χ0n) is 27.2. The summed E-state index contributed by atoms with van der Waals surface area (Å²) in [7, 11) is 0. The summed E-state index contributed by atoms with van der Waals surface area (Å²) in [6.45, 7) is 11.8. The van der Waals surface area contributed by atoms with Gasteiger partial charge in [-0.05, 0) is 74.5 Å². The SMILES string of the molecule is CCOCCOCCOCCc1ccc(-c2ccc(-c3ccc(-c4ccc(-c5ccc(CCOCCOCCOCC)s5)s4)s3)s2)s1. The molecule has 0 N–H and O–H groups in total. The maximum absolute atomic E-state index is 5.76. The summed E-state index contributed by atoms with van der Waals surface area (Å²) in [4.78, 5) is 13.2. The van der Waals surface area contributed by atoms with Crippen molar-refractivity contribution in [2.24, 2.45) is 0 Å². The Morgan fingerprint density at radius 2 is 0.574 bits per heavy atom. The van der Waals surface area contributed by atoms with Crippen LogP contribution in [0.4, 0.5) is 0 Å². The summed E-state index contributed by atoms with van der Waals surface area (Å²) < 4.78 is 33.1. The second-order valence-electron chi connectivity index (χ2n) is 10.4. The van der Waals surface area contributed by atoms with E-state index < -0.39 is 0 Å². The summed E-state index contributed by atoms with van der Waals surface area (Å²) >= 11 is 9.33. The van der Waals surface area contributed by atoms with Crippen molar-refractivity contribution in [3.8, 4) is 39.0 Å². The van der Waals surface area contributed by atoms with Crippen molar-refractivity contribution in [2.75, 3.05) is 79.3 Å². The second kappa shape index (κ2) is 20.7. The van der Waals surface area contributed by atoms with E-state index in [0.29, 0.717) is 66.1 Å². The zero-order chi connectivity index (χ0) is 32.5. The Labute approximate surface area is 298 Å². The van der Waals surface area contributed by atoms with Gasteiger partial charge in [-0.1, -0.05) is 0 Å². The lowest BCUT2D eigenvalue weighted by Gasteiger charge is -2.05. The lowest BCUT2D eigenvalue weighted by molar-refractivity contribution is 0.0176. The molecule has 0 saturated heterocycles. The molecule has 0 fully saturated rings. The van der Waals surface area contributed by atoms with Crippen molar-refractivity contribution in [1.82, 2.24) is 0 Å². The fourth-order valence-electron chi connectivity index (χ4n) is 4.61. The highest BCUT2D eigenvalue weighted by molar-refractivity contribution is 7.29. The van der Waals surface area contributed by atoms with E-state index in [9.17, 15) is 0 Å². The smallest absolute Gasteiger partial charge is 0.0701 e. The molecular weight excluding hydrogens is 689 g/mol. The molecule has 0 bridgehead atoms. The van der Waals surface area contributed by atoms with Crippen LogP contribution in [0.15, 0.2) is 60.7 Å². The van der Waals surface area contributed by atoms with Crippen molar-refractivity contribution in [2.45, 2.75) is 26.7 Å². The van der Waals surface area contributed by atoms with Crippen LogP contribution >= 0.6 is 56.7 Å². The fourth-order valence-corrected chi connectivity index (χ4v) is 9.97. The number of hydrogen-bond donors (Lipinski definition) is 0. The lowest BCUT2D eigenvalue weighted by Crippen LogP contribution is -2.10. The summed E-state index contributed by atoms with van der Waals surface area (Å²) in [6, 6.07) is 22.5. The predicted molar refractivity (Wildman–Crippen MR) is 201 cm³/mol. The van der Waals surface area contributed by atoms with E-state index in [1.54, 1.807) is 0 Å². The van der Waals surface area contributed by atoms with Crippen LogP contribution in [0.3, 0.4) is 0 Å². The summed E-state index contributed by atoms with van der Waals surface area (Å²) in [5.41, 5.74) is 0. The monoisotopic (exact) mass is 732 g/mol. The number of rotatable bonds is 24. The van der Waals surface area contributed by atoms with Crippen LogP contribution in [0.1, 0.15) is 23.6 Å². The average Bonchev–Trinajstić information content (AvgIpc) is 3.92. The fraction of sp³-hybridized carbons (Fsp3) is 0.444. The number of thiophene rings is 5. The Bertz CT molecular complexity index is 1450. The van der Waals surface area contributed by atoms with E-state index in [2.05, 4.69) is 60.7 Å². The third-order valence-electron chi connectivity index (χ3n) is 6.99. The molecule has 0 saturated carbocycles. The Kier molecular flexibility index (Phi) is 16.1. The number of ether oxygens (including phenoxy) is 6. The minimum Gasteiger partial charge on any atom is -0.379 e. The van der Waals surface area contributed by atoms with Crippen LogP contribution in [0, 0.1) is 0 Å². The predicted octanol–water partition coefficient (Wildman–Crippen LogP) is 9.89. The van der Waals surface area contributed by atoms with Gasteiger partial charge in [0.25, 0.3) is 0 Å². The van der Waals surface area contributed by atoms with Crippen LogP contribution in [0.25, 0.3) is 39.0 Å². The van der Waals surface area contributed by atoms with E-state index in [1.807, 2.05) is 70.5 Å². The van der Waals surface area contributed by atoms with Gasteiger partial charge in [0, 0.05) is 74.8 Å². The Morgan fingerprint density at radius 1 is 0.319 bits per heavy atom. The molecule has 5 rings (SSSR count). The van der Waals surface area contributed by atoms with Gasteiger partial charge in [-0.3, -0.25) is 0 Å². The molecule has 0 aliphatic heterocycles. The van der Waals surface area contributed by atoms with Crippen LogP contribution < -0.4 is 0 Å². The standard InChI is InChI=1S/C36H44O6S5/c1-3-37-19-21-41-25-23-39-17-15-27-5-7-29(43-27)31-9-11-33(45-31)35-13-14-36(47-35)34-12-10-32(46-34)30-8-6-28(44-30)16-18-40-24-26-42-22-20-38-4-2/h5-14H,3-4,15-26H2,1-2H3. The minimum atomic E-state index is 0.610. The van der Waals surface area contributed by atoms with Gasteiger partial charge in [0.1, 0.15) is 0 Å². The zero-order valence-corrected chi connectivity index (χ0v) is 31.2. The summed E-state index contributed by atoms with van der Waals surface area (Å²) in [5.74, 6) is 0. The Balaban J connectivity index is 1.05. The van der Waals surface area contributed by atoms with Gasteiger partial charge in [0.2, 0.25) is 0 Å². The minimum absolute atomic E-state index is 0.610. The molecule has 5 aromatic heterocycles. The van der Waals surface area contributed by atoms with E-state index >= 15 is 0 Å². The Morgan fingerprint density at radius 3 is 0.894 bits per heavy atom. The van der Waals surface area contributed by atoms with Crippen LogP contribution in [0.5, 0.6) is 0 Å². The highest BCUT2D eigenvalue weighted by Crippen LogP contribution is 2.44. The van der Waals surface area contributed by atoms with Gasteiger partial charge in [0.05, 0.1) is 66.1 Å². The largest absolute Gasteiger partial charge is 0.379 e. The molecule has 0 spiro atoms. The molecule has 5 heterocycles. The van der Waals surface area contributed by atoms with Gasteiger partial charge in [-0.25, -0.2) is 0 Å². The molecule has 0 atom stereocenters. The molecule has 5 aromatic rings. The molecule has 0 unspecified atom stereocenters. The van der Waals surface area contributed by atoms with Crippen LogP contribution in [-0.4, -0.2) is 79.3 Å². The Hall–Kier alpha value is -1.74. The van der Waals surface area contributed by atoms with Crippen LogP contribution in [-0.2, 0) is 41.3 Å². The van der Waals surface area contributed by atoms with Gasteiger partial charge >= 0.3 is 0 Å². The maximum atomic E-state index is 5.76. The van der Waals surface area contributed by atoms with Gasteiger partial charge in [-0.2, -0.15) is 0 Å². The van der Waals surface area contributed by atoms with Crippen molar-refractivity contribution in [3.05, 3.63) is 70.4 Å². The molecule has 0 aliphatic rings. The van der Waals surface area contributed by atoms with Crippen molar-refractivity contribution in [3.63, 3.8) is 0 Å². The van der Waals surface area contributed by atoms with E-state index in [0.717, 1.165) is 26.1 Å². The first-order valence-electron chi connectivity index (χ1n) is 16.2. The molecule has 0 aromatic carbocycles. The molecule has 0 aliphatic carbocycles. The van der Waals surface area contributed by atoms with Crippen LogP contribution in [0.2, 0.25) is 0 Å². The first-order valence-corrected chi connectivity index (χ1v) is 20.3. The highest BCUT2D eigenvalue weighted by atomic mass is 32.1. The summed E-state index contributed by atoms with van der Waals surface area (Å²) in [6.07, 6.45) is 1.85. The second-order valence-corrected chi connectivity index (χ2v) is 16.0. The highest BCUT2D eigenvalue weighted by Gasteiger charge is 2.13. The van der Waals surface area contributed by atoms with E-state index in [4.69, 9.17) is 28.4 Å². The van der Waals surface area contributed by atoms with Gasteiger partial charge in [0.15, 0.2) is 0 Å². The third-order valence-corrected chi connectivity index (χ3v) is 13.3. The topological polar surface area (TPSA) is 55.4 Å². The molecule has 0 amide bonds. The first kappa shape index (κ1) is 36.5. The average molecular weight is 733 g/mol. The molecular formula is C36H44O6S5. The number of hydrogen-bond acceptors (Lipinski definition) is 11. The van der Waals surface area contributed by atoms with Gasteiger partial charge in [-0.15, -0.1) is 56.7 Å². The molecule has 254 valence electrons. The maximum Gasteiger partial charge on any atom is 0.0701 e. The molecule has 47 heavy (non-hydrogen) atoms. The normalized spacial score (nSPS) is 11.6. The van der Waals surface area contributed by atoms with Crippen molar-refractivity contribution >= 4 is 56.7 Å². The molecule has 0 radical (unpaired) electrons. The molecule has 11 heteroatoms. The van der Waals surface area contributed by atoms with Gasteiger partial charge < -0.3 is 28.4 Å². The lowest BCUT2D eigenvalue weighted by atomic mass is 10.3. The molecule has 6 nitrogen and oxygen atoms in total. The van der Waals surface area contributed by atoms with E-state index in [-0.39, 0.29) is 0 Å². The quantitative estimate of drug-likeness (QED) is 0.0589. The van der Waals surface area contributed by atoms with Crippen molar-refractivity contribution in [1.29, 1.82) is 0 Å². The van der Waals surface area contributed by atoms with E-state index in [1.165, 1.54) is 48.8 Å². The first-order chi connectivity index (χ1) is 23.2. The van der Waals surface area contributed by atoms with Crippen molar-refractivity contribution < 1.29 is 28.4 Å².